The Balaban J connectivity index is 1.99. The van der Waals surface area contributed by atoms with E-state index in [0.29, 0.717) is 22.4 Å². The molecule has 2 aliphatic rings. The summed E-state index contributed by atoms with van der Waals surface area (Å²) in [6.45, 7) is 0. The van der Waals surface area contributed by atoms with Crippen molar-refractivity contribution < 1.29 is 5.11 Å². The predicted octanol–water partition coefficient (Wildman–Crippen LogP) is 3.70. The molecule has 2 fully saturated rings. The van der Waals surface area contributed by atoms with Gasteiger partial charge < -0.3 is 5.11 Å². The number of halogens is 1. The molecule has 0 saturated heterocycles. The summed E-state index contributed by atoms with van der Waals surface area (Å²) < 4.78 is 0. The van der Waals surface area contributed by atoms with E-state index in [1.807, 2.05) is 18.2 Å². The van der Waals surface area contributed by atoms with Gasteiger partial charge in [0.2, 0.25) is 0 Å². The molecule has 4 unspecified atom stereocenters. The SMILES string of the molecule is N#CC1(C(O)c2ccccc2Cl)CC2CCC1C2. The van der Waals surface area contributed by atoms with Crippen LogP contribution in [0.15, 0.2) is 24.3 Å². The van der Waals surface area contributed by atoms with Gasteiger partial charge in [-0.2, -0.15) is 5.26 Å². The molecule has 0 aliphatic heterocycles. The van der Waals surface area contributed by atoms with Gasteiger partial charge in [-0.3, -0.25) is 0 Å². The van der Waals surface area contributed by atoms with Crippen molar-refractivity contribution in [3.05, 3.63) is 34.9 Å². The van der Waals surface area contributed by atoms with Crippen molar-refractivity contribution in [2.45, 2.75) is 31.8 Å². The van der Waals surface area contributed by atoms with Crippen molar-refractivity contribution >= 4 is 11.6 Å². The van der Waals surface area contributed by atoms with Gasteiger partial charge in [-0.1, -0.05) is 36.2 Å². The number of nitriles is 1. The standard InChI is InChI=1S/C15H16ClNO/c16-13-4-2-1-3-12(13)14(18)15(9-17)8-10-5-6-11(15)7-10/h1-4,10-11,14,18H,5-8H2. The highest BCUT2D eigenvalue weighted by molar-refractivity contribution is 6.31. The van der Waals surface area contributed by atoms with Crippen molar-refractivity contribution in [3.63, 3.8) is 0 Å². The minimum Gasteiger partial charge on any atom is -0.387 e. The number of nitrogens with zero attached hydrogens (tertiary/aromatic N) is 1. The summed E-state index contributed by atoms with van der Waals surface area (Å²) in [6.07, 6.45) is 3.44. The Morgan fingerprint density at radius 1 is 1.39 bits per heavy atom. The molecule has 0 radical (unpaired) electrons. The van der Waals surface area contributed by atoms with Gasteiger partial charge in [-0.15, -0.1) is 0 Å². The van der Waals surface area contributed by atoms with Gasteiger partial charge in [0.15, 0.2) is 0 Å². The molecule has 2 aliphatic carbocycles. The molecule has 2 bridgehead atoms. The van der Waals surface area contributed by atoms with E-state index < -0.39 is 11.5 Å². The topological polar surface area (TPSA) is 44.0 Å². The van der Waals surface area contributed by atoms with E-state index in [9.17, 15) is 10.4 Å². The fourth-order valence-corrected chi connectivity index (χ4v) is 4.12. The Morgan fingerprint density at radius 2 is 2.17 bits per heavy atom. The van der Waals surface area contributed by atoms with Crippen LogP contribution >= 0.6 is 11.6 Å². The molecule has 94 valence electrons. The molecule has 18 heavy (non-hydrogen) atoms. The third-order valence-electron chi connectivity index (χ3n) is 4.79. The minimum absolute atomic E-state index is 0.332. The lowest BCUT2D eigenvalue weighted by Crippen LogP contribution is -2.33. The van der Waals surface area contributed by atoms with E-state index in [1.54, 1.807) is 6.07 Å². The van der Waals surface area contributed by atoms with Crippen molar-refractivity contribution in [2.24, 2.45) is 17.3 Å². The van der Waals surface area contributed by atoms with Crippen molar-refractivity contribution in [3.8, 4) is 6.07 Å². The molecule has 0 aromatic heterocycles. The Labute approximate surface area is 112 Å². The number of hydrogen-bond donors (Lipinski definition) is 1. The van der Waals surface area contributed by atoms with Crippen LogP contribution in [-0.4, -0.2) is 5.11 Å². The smallest absolute Gasteiger partial charge is 0.0993 e. The number of aliphatic hydroxyl groups excluding tert-OH is 1. The quantitative estimate of drug-likeness (QED) is 0.882. The molecule has 2 saturated carbocycles. The number of fused-ring (bicyclic) bond motifs is 2. The van der Waals surface area contributed by atoms with Crippen LogP contribution < -0.4 is 0 Å². The molecule has 3 heteroatoms. The van der Waals surface area contributed by atoms with Crippen LogP contribution in [0.5, 0.6) is 0 Å². The van der Waals surface area contributed by atoms with Gasteiger partial charge in [-0.25, -0.2) is 0 Å². The maximum atomic E-state index is 10.7. The molecule has 0 amide bonds. The zero-order chi connectivity index (χ0) is 12.8. The van der Waals surface area contributed by atoms with Gasteiger partial charge >= 0.3 is 0 Å². The Kier molecular flexibility index (Phi) is 2.84. The van der Waals surface area contributed by atoms with E-state index >= 15 is 0 Å². The highest BCUT2D eigenvalue weighted by Gasteiger charge is 2.55. The van der Waals surface area contributed by atoms with E-state index in [2.05, 4.69) is 6.07 Å². The second kappa shape index (κ2) is 4.26. The maximum absolute atomic E-state index is 10.7. The van der Waals surface area contributed by atoms with Crippen LogP contribution in [0, 0.1) is 28.6 Å². The lowest BCUT2D eigenvalue weighted by atomic mass is 9.68. The van der Waals surface area contributed by atoms with E-state index in [1.165, 1.54) is 6.42 Å². The fourth-order valence-electron chi connectivity index (χ4n) is 3.88. The van der Waals surface area contributed by atoms with E-state index in [-0.39, 0.29) is 0 Å². The molecule has 3 rings (SSSR count). The predicted molar refractivity (Wildman–Crippen MR) is 69.9 cm³/mol. The summed E-state index contributed by atoms with van der Waals surface area (Å²) >= 11 is 6.15. The monoisotopic (exact) mass is 261 g/mol. The first kappa shape index (κ1) is 12.0. The zero-order valence-corrected chi connectivity index (χ0v) is 10.9. The lowest BCUT2D eigenvalue weighted by Gasteiger charge is -2.36. The van der Waals surface area contributed by atoms with Gasteiger partial charge in [0.25, 0.3) is 0 Å². The van der Waals surface area contributed by atoms with Crippen molar-refractivity contribution in [1.29, 1.82) is 5.26 Å². The minimum atomic E-state index is -0.758. The number of aliphatic hydroxyl groups is 1. The maximum Gasteiger partial charge on any atom is 0.0993 e. The second-order valence-electron chi connectivity index (χ2n) is 5.66. The average molecular weight is 262 g/mol. The Hall–Kier alpha value is -1.04. The summed E-state index contributed by atoms with van der Waals surface area (Å²) in [5.41, 5.74) is 0.0849. The number of hydrogen-bond acceptors (Lipinski definition) is 2. The second-order valence-corrected chi connectivity index (χ2v) is 6.06. The summed E-state index contributed by atoms with van der Waals surface area (Å²) in [5, 5.41) is 20.8. The molecular weight excluding hydrogens is 246 g/mol. The summed E-state index contributed by atoms with van der Waals surface area (Å²) in [7, 11) is 0. The molecule has 1 aromatic rings. The van der Waals surface area contributed by atoms with E-state index in [4.69, 9.17) is 11.6 Å². The third kappa shape index (κ3) is 1.58. The normalized spacial score (nSPS) is 35.4. The molecule has 2 nitrogen and oxygen atoms in total. The van der Waals surface area contributed by atoms with Crippen LogP contribution in [0.2, 0.25) is 5.02 Å². The van der Waals surface area contributed by atoms with E-state index in [0.717, 1.165) is 19.3 Å². The van der Waals surface area contributed by atoms with Crippen molar-refractivity contribution in [1.82, 2.24) is 0 Å². The largest absolute Gasteiger partial charge is 0.387 e. The molecule has 0 spiro atoms. The molecule has 4 atom stereocenters. The first-order valence-corrected chi connectivity index (χ1v) is 6.89. The highest BCUT2D eigenvalue weighted by Crippen LogP contribution is 2.60. The average Bonchev–Trinajstić information content (AvgIpc) is 2.99. The van der Waals surface area contributed by atoms with Gasteiger partial charge in [0.05, 0.1) is 17.6 Å². The number of benzene rings is 1. The molecule has 0 heterocycles. The van der Waals surface area contributed by atoms with Crippen LogP contribution in [0.4, 0.5) is 0 Å². The fraction of sp³-hybridized carbons (Fsp3) is 0.533. The highest BCUT2D eigenvalue weighted by atomic mass is 35.5. The third-order valence-corrected chi connectivity index (χ3v) is 5.14. The van der Waals surface area contributed by atoms with Crippen molar-refractivity contribution in [2.75, 3.05) is 0 Å². The number of rotatable bonds is 2. The summed E-state index contributed by atoms with van der Waals surface area (Å²) in [5.74, 6) is 0.950. The lowest BCUT2D eigenvalue weighted by molar-refractivity contribution is 0.0234. The Morgan fingerprint density at radius 3 is 2.72 bits per heavy atom. The van der Waals surface area contributed by atoms with Gasteiger partial charge in [0, 0.05) is 10.6 Å². The van der Waals surface area contributed by atoms with Gasteiger partial charge in [0.1, 0.15) is 0 Å². The first-order valence-electron chi connectivity index (χ1n) is 6.51. The van der Waals surface area contributed by atoms with Crippen LogP contribution in [0.25, 0.3) is 0 Å². The van der Waals surface area contributed by atoms with Crippen LogP contribution in [0.1, 0.15) is 37.4 Å². The Bertz CT molecular complexity index is 509. The molecular formula is C15H16ClNO. The summed E-state index contributed by atoms with van der Waals surface area (Å²) in [6, 6.07) is 9.74. The summed E-state index contributed by atoms with van der Waals surface area (Å²) in [4.78, 5) is 0. The zero-order valence-electron chi connectivity index (χ0n) is 10.1. The van der Waals surface area contributed by atoms with Crippen LogP contribution in [-0.2, 0) is 0 Å². The van der Waals surface area contributed by atoms with Gasteiger partial charge in [-0.05, 0) is 37.2 Å². The molecule has 1 aromatic carbocycles. The first-order chi connectivity index (χ1) is 8.67. The van der Waals surface area contributed by atoms with Crippen LogP contribution in [0.3, 0.4) is 0 Å². The molecule has 1 N–H and O–H groups in total.